The van der Waals surface area contributed by atoms with Gasteiger partial charge in [-0.15, -0.1) is 0 Å². The Labute approximate surface area is 167 Å². The SMILES string of the molecule is CCCCCCCCCCCCC[S+](Cc1ccccc1)C(C)C.[Cl-]. The molecule has 0 N–H and O–H groups in total. The third kappa shape index (κ3) is 13.7. The molecule has 0 aromatic heterocycles. The van der Waals surface area contributed by atoms with Gasteiger partial charge in [-0.2, -0.15) is 0 Å². The lowest BCUT2D eigenvalue weighted by molar-refractivity contribution is -0.00000531. The Kier molecular flexibility index (Phi) is 17.2. The van der Waals surface area contributed by atoms with E-state index in [0.717, 1.165) is 5.25 Å². The van der Waals surface area contributed by atoms with Gasteiger partial charge in [0.15, 0.2) is 0 Å². The summed E-state index contributed by atoms with van der Waals surface area (Å²) >= 11 is 0. The van der Waals surface area contributed by atoms with Crippen LogP contribution in [0.4, 0.5) is 0 Å². The number of rotatable bonds is 15. The molecule has 0 radical (unpaired) electrons. The second kappa shape index (κ2) is 17.3. The van der Waals surface area contributed by atoms with Gasteiger partial charge in [0.25, 0.3) is 0 Å². The lowest BCUT2D eigenvalue weighted by atomic mass is 10.1. The normalized spacial score (nSPS) is 12.2. The zero-order valence-electron chi connectivity index (χ0n) is 16.9. The first-order valence-electron chi connectivity index (χ1n) is 10.4. The predicted octanol–water partition coefficient (Wildman–Crippen LogP) is 4.53. The molecule has 2 heteroatoms. The van der Waals surface area contributed by atoms with E-state index in [9.17, 15) is 0 Å². The molecule has 0 nitrogen and oxygen atoms in total. The third-order valence-corrected chi connectivity index (χ3v) is 7.72. The largest absolute Gasteiger partial charge is 1.00 e. The van der Waals surface area contributed by atoms with E-state index in [-0.39, 0.29) is 12.4 Å². The topological polar surface area (TPSA) is 0 Å². The first-order valence-corrected chi connectivity index (χ1v) is 12.1. The molecule has 0 saturated heterocycles. The summed E-state index contributed by atoms with van der Waals surface area (Å²) in [5.41, 5.74) is 1.53. The number of halogens is 1. The molecular formula is C23H41ClS. The monoisotopic (exact) mass is 384 g/mol. The molecule has 1 unspecified atom stereocenters. The van der Waals surface area contributed by atoms with Crippen molar-refractivity contribution in [1.29, 1.82) is 0 Å². The van der Waals surface area contributed by atoms with Crippen LogP contribution in [0.25, 0.3) is 0 Å². The van der Waals surface area contributed by atoms with Crippen molar-refractivity contribution in [3.63, 3.8) is 0 Å². The fourth-order valence-electron chi connectivity index (χ4n) is 3.21. The smallest absolute Gasteiger partial charge is 0.133 e. The first kappa shape index (κ1) is 24.9. The molecule has 146 valence electrons. The lowest BCUT2D eigenvalue weighted by Gasteiger charge is -2.12. The number of hydrogen-bond acceptors (Lipinski definition) is 0. The van der Waals surface area contributed by atoms with E-state index in [1.165, 1.54) is 87.7 Å². The molecule has 0 aliphatic heterocycles. The van der Waals surface area contributed by atoms with Crippen LogP contribution < -0.4 is 12.4 Å². The molecule has 0 amide bonds. The van der Waals surface area contributed by atoms with Crippen LogP contribution in [-0.2, 0) is 16.6 Å². The molecule has 0 aliphatic carbocycles. The zero-order chi connectivity index (χ0) is 17.5. The molecular weight excluding hydrogens is 344 g/mol. The Morgan fingerprint density at radius 1 is 0.720 bits per heavy atom. The summed E-state index contributed by atoms with van der Waals surface area (Å²) in [5.74, 6) is 2.72. The van der Waals surface area contributed by atoms with E-state index in [4.69, 9.17) is 0 Å². The van der Waals surface area contributed by atoms with Crippen molar-refractivity contribution >= 4 is 10.9 Å². The number of benzene rings is 1. The second-order valence-electron chi connectivity index (χ2n) is 7.46. The summed E-state index contributed by atoms with van der Waals surface area (Å²) in [5, 5.41) is 0.827. The molecule has 0 spiro atoms. The Morgan fingerprint density at radius 3 is 1.68 bits per heavy atom. The average molecular weight is 385 g/mol. The van der Waals surface area contributed by atoms with Gasteiger partial charge in [0.05, 0.1) is 0 Å². The molecule has 0 heterocycles. The molecule has 0 aliphatic rings. The van der Waals surface area contributed by atoms with E-state index in [1.807, 2.05) is 0 Å². The lowest BCUT2D eigenvalue weighted by Crippen LogP contribution is -3.00. The summed E-state index contributed by atoms with van der Waals surface area (Å²) in [4.78, 5) is 0. The Morgan fingerprint density at radius 2 is 1.20 bits per heavy atom. The molecule has 0 saturated carbocycles. The van der Waals surface area contributed by atoms with Gasteiger partial charge in [-0.1, -0.05) is 95.0 Å². The maximum atomic E-state index is 2.41. The summed E-state index contributed by atoms with van der Waals surface area (Å²) in [6, 6.07) is 11.1. The van der Waals surface area contributed by atoms with Crippen molar-refractivity contribution in [3.8, 4) is 0 Å². The summed E-state index contributed by atoms with van der Waals surface area (Å²) in [6.45, 7) is 7.11. The van der Waals surface area contributed by atoms with Crippen LogP contribution in [0.15, 0.2) is 30.3 Å². The van der Waals surface area contributed by atoms with Gasteiger partial charge >= 0.3 is 0 Å². The third-order valence-electron chi connectivity index (χ3n) is 4.87. The van der Waals surface area contributed by atoms with Crippen LogP contribution in [0.1, 0.15) is 97.0 Å². The Bertz CT molecular complexity index is 377. The number of hydrogen-bond donors (Lipinski definition) is 0. The van der Waals surface area contributed by atoms with Crippen LogP contribution >= 0.6 is 0 Å². The van der Waals surface area contributed by atoms with Crippen LogP contribution in [0.3, 0.4) is 0 Å². The van der Waals surface area contributed by atoms with E-state index in [1.54, 1.807) is 0 Å². The fourth-order valence-corrected chi connectivity index (χ4v) is 5.36. The highest BCUT2D eigenvalue weighted by Gasteiger charge is 2.22. The van der Waals surface area contributed by atoms with E-state index < -0.39 is 0 Å². The summed E-state index contributed by atoms with van der Waals surface area (Å²) < 4.78 is 0. The minimum absolute atomic E-state index is 0. The van der Waals surface area contributed by atoms with E-state index in [0.29, 0.717) is 10.9 Å². The van der Waals surface area contributed by atoms with Gasteiger partial charge in [-0.25, -0.2) is 0 Å². The van der Waals surface area contributed by atoms with Crippen molar-refractivity contribution in [2.24, 2.45) is 0 Å². The van der Waals surface area contributed by atoms with Crippen molar-refractivity contribution < 1.29 is 12.4 Å². The van der Waals surface area contributed by atoms with Gasteiger partial charge in [0, 0.05) is 5.56 Å². The Hall–Kier alpha value is -0.140. The van der Waals surface area contributed by atoms with Gasteiger partial charge in [0.1, 0.15) is 16.8 Å². The molecule has 0 fully saturated rings. The van der Waals surface area contributed by atoms with Crippen molar-refractivity contribution in [1.82, 2.24) is 0 Å². The van der Waals surface area contributed by atoms with Gasteiger partial charge in [0.2, 0.25) is 0 Å². The summed E-state index contributed by atoms with van der Waals surface area (Å²) in [6.07, 6.45) is 15.9. The molecule has 25 heavy (non-hydrogen) atoms. The van der Waals surface area contributed by atoms with Crippen LogP contribution in [-0.4, -0.2) is 11.0 Å². The molecule has 0 bridgehead atoms. The minimum Gasteiger partial charge on any atom is -1.00 e. The highest BCUT2D eigenvalue weighted by Crippen LogP contribution is 2.17. The van der Waals surface area contributed by atoms with Crippen LogP contribution in [0.2, 0.25) is 0 Å². The molecule has 1 rings (SSSR count). The van der Waals surface area contributed by atoms with Crippen molar-refractivity contribution in [2.75, 3.05) is 5.75 Å². The van der Waals surface area contributed by atoms with E-state index in [2.05, 4.69) is 51.1 Å². The quantitative estimate of drug-likeness (QED) is 0.308. The summed E-state index contributed by atoms with van der Waals surface area (Å²) in [7, 11) is 0.559. The van der Waals surface area contributed by atoms with Crippen molar-refractivity contribution in [2.45, 2.75) is 102 Å². The highest BCUT2D eigenvalue weighted by molar-refractivity contribution is 7.96. The maximum Gasteiger partial charge on any atom is 0.133 e. The highest BCUT2D eigenvalue weighted by atomic mass is 35.5. The molecule has 1 aromatic carbocycles. The average Bonchev–Trinajstić information content (AvgIpc) is 2.59. The minimum atomic E-state index is 0. The predicted molar refractivity (Wildman–Crippen MR) is 114 cm³/mol. The second-order valence-corrected chi connectivity index (χ2v) is 10.2. The zero-order valence-corrected chi connectivity index (χ0v) is 18.5. The molecule has 1 aromatic rings. The standard InChI is InChI=1S/C23H41S.ClH/c1-4-5-6-7-8-9-10-11-12-13-17-20-24(22(2)3)21-23-18-15-14-16-19-23;/h14-16,18-19,22H,4-13,17,20-21H2,1-3H3;1H/q+1;/p-1. The van der Waals surface area contributed by atoms with Crippen LogP contribution in [0.5, 0.6) is 0 Å². The fraction of sp³-hybridized carbons (Fsp3) is 0.739. The van der Waals surface area contributed by atoms with Gasteiger partial charge in [-0.05, 0) is 37.6 Å². The van der Waals surface area contributed by atoms with Crippen LogP contribution in [0, 0.1) is 0 Å². The van der Waals surface area contributed by atoms with Gasteiger partial charge < -0.3 is 12.4 Å². The van der Waals surface area contributed by atoms with Crippen molar-refractivity contribution in [3.05, 3.63) is 35.9 Å². The number of unbranched alkanes of at least 4 members (excludes halogenated alkanes) is 10. The first-order chi connectivity index (χ1) is 11.7. The Balaban J connectivity index is 0.00000576. The van der Waals surface area contributed by atoms with Gasteiger partial charge in [-0.3, -0.25) is 0 Å². The maximum absolute atomic E-state index is 2.41. The molecule has 1 atom stereocenters. The van der Waals surface area contributed by atoms with E-state index >= 15 is 0 Å².